The molecule has 1 unspecified atom stereocenters. The Labute approximate surface area is 152 Å². The molecule has 1 atom stereocenters. The monoisotopic (exact) mass is 372 g/mol. The highest BCUT2D eigenvalue weighted by molar-refractivity contribution is 7.82. The summed E-state index contributed by atoms with van der Waals surface area (Å²) in [4.78, 5) is 0. The molecule has 5 heteroatoms. The third kappa shape index (κ3) is 4.25. The van der Waals surface area contributed by atoms with E-state index in [-0.39, 0.29) is 0 Å². The van der Waals surface area contributed by atoms with E-state index in [1.165, 1.54) is 0 Å². The molecule has 0 saturated heterocycles. The molecule has 3 aromatic carbocycles. The molecule has 0 amide bonds. The van der Waals surface area contributed by atoms with Crippen LogP contribution in [-0.2, 0) is 4.57 Å². The molecule has 3 aromatic rings. The average Bonchev–Trinajstić information content (AvgIpc) is 2.59. The molecular weight excluding hydrogens is 355 g/mol. The number of rotatable bonds is 5. The molecule has 3 rings (SSSR count). The van der Waals surface area contributed by atoms with Crippen LogP contribution in [0.2, 0.25) is 0 Å². The van der Waals surface area contributed by atoms with E-state index >= 15 is 0 Å². The predicted octanol–water partition coefficient (Wildman–Crippen LogP) is 6.78. The predicted molar refractivity (Wildman–Crippen MR) is 103 cm³/mol. The highest BCUT2D eigenvalue weighted by atomic mass is 35.7. The second-order valence-electron chi connectivity index (χ2n) is 5.70. The van der Waals surface area contributed by atoms with Crippen LogP contribution in [0.25, 0.3) is 11.1 Å². The van der Waals surface area contributed by atoms with Crippen molar-refractivity contribution in [3.8, 4) is 22.6 Å². The molecule has 0 fully saturated rings. The van der Waals surface area contributed by atoms with Crippen LogP contribution in [0.15, 0.2) is 72.8 Å². The fourth-order valence-electron chi connectivity index (χ4n) is 2.59. The van der Waals surface area contributed by atoms with Gasteiger partial charge in [0, 0.05) is 16.8 Å². The van der Waals surface area contributed by atoms with E-state index in [1.807, 2.05) is 74.5 Å². The Hall–Kier alpha value is -2.22. The van der Waals surface area contributed by atoms with Crippen molar-refractivity contribution in [2.75, 3.05) is 0 Å². The first-order valence-corrected chi connectivity index (χ1v) is 10.3. The minimum Gasteiger partial charge on any atom is -0.404 e. The molecule has 3 nitrogen and oxygen atoms in total. The Balaban J connectivity index is 1.91. The summed E-state index contributed by atoms with van der Waals surface area (Å²) in [5, 5.41) is 0. The van der Waals surface area contributed by atoms with E-state index in [0.717, 1.165) is 22.3 Å². The number of halogens is 1. The second kappa shape index (κ2) is 7.35. The van der Waals surface area contributed by atoms with Crippen molar-refractivity contribution >= 4 is 18.2 Å². The second-order valence-corrected chi connectivity index (χ2v) is 8.16. The van der Waals surface area contributed by atoms with Crippen molar-refractivity contribution in [1.82, 2.24) is 0 Å². The van der Waals surface area contributed by atoms with Crippen molar-refractivity contribution in [3.63, 3.8) is 0 Å². The molecule has 0 N–H and O–H groups in total. The van der Waals surface area contributed by atoms with Crippen LogP contribution in [0, 0.1) is 13.8 Å². The van der Waals surface area contributed by atoms with Crippen molar-refractivity contribution < 1.29 is 13.6 Å². The lowest BCUT2D eigenvalue weighted by Crippen LogP contribution is -1.99. The van der Waals surface area contributed by atoms with Gasteiger partial charge in [-0.15, -0.1) is 0 Å². The van der Waals surface area contributed by atoms with Gasteiger partial charge in [0.1, 0.15) is 11.5 Å². The maximum absolute atomic E-state index is 12.8. The fraction of sp³-hybridized carbons (Fsp3) is 0.100. The summed E-state index contributed by atoms with van der Waals surface area (Å²) >= 11 is 6.12. The van der Waals surface area contributed by atoms with Crippen molar-refractivity contribution in [3.05, 3.63) is 83.9 Å². The van der Waals surface area contributed by atoms with E-state index in [4.69, 9.17) is 20.3 Å². The largest absolute Gasteiger partial charge is 0.530 e. The van der Waals surface area contributed by atoms with Gasteiger partial charge < -0.3 is 9.05 Å². The van der Waals surface area contributed by atoms with Crippen molar-refractivity contribution in [2.24, 2.45) is 0 Å². The lowest BCUT2D eigenvalue weighted by atomic mass is 10.1. The molecule has 0 aromatic heterocycles. The first-order valence-electron chi connectivity index (χ1n) is 7.86. The third-order valence-electron chi connectivity index (χ3n) is 3.79. The Kier molecular flexibility index (Phi) is 5.17. The molecule has 0 bridgehead atoms. The maximum Gasteiger partial charge on any atom is 0.530 e. The van der Waals surface area contributed by atoms with Crippen LogP contribution in [0.1, 0.15) is 11.1 Å². The number of hydrogen-bond acceptors (Lipinski definition) is 3. The Bertz CT molecular complexity index is 905. The SMILES string of the molecule is Cc1cccc(C)c1OP(=O)(Cl)Oc1ccccc1-c1ccccc1. The molecule has 0 spiro atoms. The normalized spacial score (nSPS) is 13.1. The van der Waals surface area contributed by atoms with Crippen molar-refractivity contribution in [1.29, 1.82) is 0 Å². The summed E-state index contributed by atoms with van der Waals surface area (Å²) < 4.78 is 23.9. The van der Waals surface area contributed by atoms with Crippen LogP contribution >= 0.6 is 18.2 Å². The van der Waals surface area contributed by atoms with Crippen LogP contribution in [0.3, 0.4) is 0 Å². The Morgan fingerprint density at radius 2 is 1.36 bits per heavy atom. The van der Waals surface area contributed by atoms with Crippen LogP contribution in [-0.4, -0.2) is 0 Å². The molecule has 0 heterocycles. The van der Waals surface area contributed by atoms with E-state index in [9.17, 15) is 4.57 Å². The standard InChI is InChI=1S/C20H18ClO3P/c1-15-9-8-10-16(2)20(15)24-25(21,22)23-19-14-7-6-13-18(19)17-11-4-3-5-12-17/h3-14H,1-2H3. The molecule has 0 aliphatic rings. The molecule has 0 radical (unpaired) electrons. The van der Waals surface area contributed by atoms with Crippen LogP contribution < -0.4 is 9.05 Å². The van der Waals surface area contributed by atoms with Gasteiger partial charge in [-0.3, -0.25) is 0 Å². The number of aryl methyl sites for hydroxylation is 2. The highest BCUT2D eigenvalue weighted by Crippen LogP contribution is 2.55. The van der Waals surface area contributed by atoms with Crippen LogP contribution in [0.5, 0.6) is 11.5 Å². The van der Waals surface area contributed by atoms with Gasteiger partial charge in [-0.05, 0) is 36.6 Å². The topological polar surface area (TPSA) is 35.5 Å². The summed E-state index contributed by atoms with van der Waals surface area (Å²) in [6, 6.07) is 22.7. The zero-order valence-electron chi connectivity index (χ0n) is 14.0. The summed E-state index contributed by atoms with van der Waals surface area (Å²) in [6.45, 7) is -0.121. The zero-order valence-corrected chi connectivity index (χ0v) is 15.6. The first-order chi connectivity index (χ1) is 12.0. The van der Waals surface area contributed by atoms with E-state index in [0.29, 0.717) is 11.5 Å². The summed E-state index contributed by atoms with van der Waals surface area (Å²) in [5.41, 5.74) is 3.44. The summed E-state index contributed by atoms with van der Waals surface area (Å²) in [5.74, 6) is 0.899. The zero-order chi connectivity index (χ0) is 17.9. The number of hydrogen-bond donors (Lipinski definition) is 0. The maximum atomic E-state index is 12.8. The van der Waals surface area contributed by atoms with E-state index < -0.39 is 6.95 Å². The Morgan fingerprint density at radius 3 is 2.04 bits per heavy atom. The smallest absolute Gasteiger partial charge is 0.404 e. The number of benzene rings is 3. The summed E-state index contributed by atoms with van der Waals surface area (Å²) in [6.07, 6.45) is 0. The minimum atomic E-state index is -3.87. The molecule has 128 valence electrons. The van der Waals surface area contributed by atoms with Gasteiger partial charge in [0.05, 0.1) is 0 Å². The fourth-order valence-corrected chi connectivity index (χ4v) is 3.96. The number of para-hydroxylation sites is 2. The van der Waals surface area contributed by atoms with Crippen LogP contribution in [0.4, 0.5) is 0 Å². The third-order valence-corrected chi connectivity index (χ3v) is 5.02. The summed E-state index contributed by atoms with van der Waals surface area (Å²) in [7, 11) is 0. The van der Waals surface area contributed by atoms with E-state index in [2.05, 4.69) is 0 Å². The van der Waals surface area contributed by atoms with Gasteiger partial charge in [0.2, 0.25) is 0 Å². The Morgan fingerprint density at radius 1 is 0.760 bits per heavy atom. The molecule has 25 heavy (non-hydrogen) atoms. The molecule has 0 aliphatic heterocycles. The van der Waals surface area contributed by atoms with Gasteiger partial charge in [0.15, 0.2) is 0 Å². The minimum absolute atomic E-state index is 0.415. The van der Waals surface area contributed by atoms with Gasteiger partial charge >= 0.3 is 6.95 Å². The van der Waals surface area contributed by atoms with E-state index in [1.54, 1.807) is 12.1 Å². The molecule has 0 saturated carbocycles. The highest BCUT2D eigenvalue weighted by Gasteiger charge is 2.27. The first kappa shape index (κ1) is 17.6. The molecular formula is C20H18ClO3P. The average molecular weight is 373 g/mol. The quantitative estimate of drug-likeness (QED) is 0.463. The molecule has 0 aliphatic carbocycles. The van der Waals surface area contributed by atoms with Gasteiger partial charge in [-0.2, -0.15) is 0 Å². The lowest BCUT2D eigenvalue weighted by molar-refractivity contribution is 0.404. The lowest BCUT2D eigenvalue weighted by Gasteiger charge is -2.18. The van der Waals surface area contributed by atoms with Crippen molar-refractivity contribution in [2.45, 2.75) is 13.8 Å². The van der Waals surface area contributed by atoms with Gasteiger partial charge in [0.25, 0.3) is 0 Å². The van der Waals surface area contributed by atoms with Gasteiger partial charge in [-0.1, -0.05) is 66.7 Å². The van der Waals surface area contributed by atoms with Gasteiger partial charge in [-0.25, -0.2) is 4.57 Å².